The summed E-state index contributed by atoms with van der Waals surface area (Å²) < 4.78 is 5.55. The number of rotatable bonds is 10. The van der Waals surface area contributed by atoms with Crippen molar-refractivity contribution in [2.75, 3.05) is 53.5 Å². The van der Waals surface area contributed by atoms with Gasteiger partial charge in [-0.1, -0.05) is 38.8 Å². The molecule has 1 aliphatic rings. The predicted molar refractivity (Wildman–Crippen MR) is 139 cm³/mol. The highest BCUT2D eigenvalue weighted by molar-refractivity contribution is 14.0. The van der Waals surface area contributed by atoms with Gasteiger partial charge >= 0.3 is 0 Å². The van der Waals surface area contributed by atoms with Crippen molar-refractivity contribution in [3.05, 3.63) is 35.4 Å². The van der Waals surface area contributed by atoms with Crippen LogP contribution in [0.5, 0.6) is 0 Å². The third-order valence-corrected chi connectivity index (χ3v) is 5.93. The quantitative estimate of drug-likeness (QED) is 0.239. The number of aliphatic imine (C=N–C) groups is 1. The van der Waals surface area contributed by atoms with Gasteiger partial charge in [0.2, 0.25) is 0 Å². The first kappa shape index (κ1) is 27.6. The van der Waals surface area contributed by atoms with Crippen molar-refractivity contribution >= 4 is 35.8 Å². The molecular weight excluding hydrogens is 505 g/mol. The third kappa shape index (κ3) is 8.94. The van der Waals surface area contributed by atoms with E-state index in [0.717, 1.165) is 57.3 Å². The minimum Gasteiger partial charge on any atom is -0.379 e. The Bertz CT molecular complexity index is 676. The van der Waals surface area contributed by atoms with Crippen LogP contribution in [0.3, 0.4) is 0 Å². The molecule has 3 N–H and O–H groups in total. The number of hydrogen-bond acceptors (Lipinski definition) is 4. The fraction of sp³-hybridized carbons (Fsp3) is 0.652. The number of carbonyl (C=O) groups is 1. The van der Waals surface area contributed by atoms with E-state index < -0.39 is 0 Å². The zero-order valence-electron chi connectivity index (χ0n) is 19.4. The van der Waals surface area contributed by atoms with E-state index in [1.165, 1.54) is 12.8 Å². The molecule has 0 aromatic heterocycles. The normalized spacial score (nSPS) is 15.8. The van der Waals surface area contributed by atoms with Crippen LogP contribution in [0.15, 0.2) is 29.3 Å². The summed E-state index contributed by atoms with van der Waals surface area (Å²) in [6.07, 6.45) is 3.17. The summed E-state index contributed by atoms with van der Waals surface area (Å²) in [5, 5.41) is 9.61. The highest BCUT2D eigenvalue weighted by Crippen LogP contribution is 2.19. The topological polar surface area (TPSA) is 78.0 Å². The van der Waals surface area contributed by atoms with Gasteiger partial charge in [0.25, 0.3) is 5.91 Å². The number of guanidine groups is 1. The summed E-state index contributed by atoms with van der Waals surface area (Å²) in [6, 6.07) is 8.23. The second-order valence-electron chi connectivity index (χ2n) is 7.70. The van der Waals surface area contributed by atoms with Crippen LogP contribution in [0.1, 0.15) is 42.6 Å². The molecule has 0 radical (unpaired) electrons. The number of halogens is 1. The number of benzene rings is 1. The lowest BCUT2D eigenvalue weighted by Crippen LogP contribution is -2.53. The van der Waals surface area contributed by atoms with E-state index in [1.54, 1.807) is 7.05 Å². The summed E-state index contributed by atoms with van der Waals surface area (Å²) in [7, 11) is 3.46. The van der Waals surface area contributed by atoms with Crippen molar-refractivity contribution in [1.29, 1.82) is 0 Å². The van der Waals surface area contributed by atoms with E-state index in [2.05, 4.69) is 39.7 Å². The molecular formula is C23H40IN5O2. The summed E-state index contributed by atoms with van der Waals surface area (Å²) in [5.74, 6) is 1.42. The van der Waals surface area contributed by atoms with Gasteiger partial charge in [-0.15, -0.1) is 24.0 Å². The molecule has 1 atom stereocenters. The Balaban J connectivity index is 0.00000480. The molecule has 31 heavy (non-hydrogen) atoms. The number of hydrogen-bond donors (Lipinski definition) is 3. The minimum absolute atomic E-state index is 0. The predicted octanol–water partition coefficient (Wildman–Crippen LogP) is 2.51. The van der Waals surface area contributed by atoms with Crippen molar-refractivity contribution in [2.24, 2.45) is 10.9 Å². The molecule has 1 unspecified atom stereocenters. The van der Waals surface area contributed by atoms with Crippen LogP contribution in [-0.2, 0) is 11.2 Å². The molecule has 0 spiro atoms. The zero-order valence-corrected chi connectivity index (χ0v) is 21.8. The van der Waals surface area contributed by atoms with E-state index in [0.29, 0.717) is 17.5 Å². The monoisotopic (exact) mass is 545 g/mol. The Hall–Kier alpha value is -1.39. The fourth-order valence-corrected chi connectivity index (χ4v) is 4.10. The molecule has 1 aliphatic heterocycles. The van der Waals surface area contributed by atoms with E-state index in [9.17, 15) is 4.79 Å². The minimum atomic E-state index is -0.0576. The van der Waals surface area contributed by atoms with Crippen LogP contribution in [-0.4, -0.2) is 76.3 Å². The van der Waals surface area contributed by atoms with Gasteiger partial charge in [0.1, 0.15) is 0 Å². The third-order valence-electron chi connectivity index (χ3n) is 5.93. The highest BCUT2D eigenvalue weighted by atomic mass is 127. The molecule has 1 aromatic carbocycles. The Morgan fingerprint density at radius 3 is 2.52 bits per heavy atom. The lowest BCUT2D eigenvalue weighted by Gasteiger charge is -2.39. The maximum absolute atomic E-state index is 11.8. The molecule has 1 amide bonds. The van der Waals surface area contributed by atoms with Crippen molar-refractivity contribution in [1.82, 2.24) is 20.9 Å². The van der Waals surface area contributed by atoms with Crippen LogP contribution < -0.4 is 16.0 Å². The van der Waals surface area contributed by atoms with Crippen LogP contribution in [0.25, 0.3) is 0 Å². The van der Waals surface area contributed by atoms with Crippen LogP contribution in [0.4, 0.5) is 0 Å². The first-order valence-corrected chi connectivity index (χ1v) is 11.2. The second-order valence-corrected chi connectivity index (χ2v) is 7.70. The molecule has 7 nitrogen and oxygen atoms in total. The maximum Gasteiger partial charge on any atom is 0.251 e. The SMILES string of the molecule is CCC(CC)C(CNC(=NC)NCCc1cccc(C(=O)NC)c1)N1CCOCC1.I. The number of ether oxygens (including phenoxy) is 1. The molecule has 1 fully saturated rings. The van der Waals surface area contributed by atoms with Gasteiger partial charge in [0, 0.05) is 51.9 Å². The van der Waals surface area contributed by atoms with Crippen LogP contribution in [0, 0.1) is 5.92 Å². The van der Waals surface area contributed by atoms with Gasteiger partial charge in [-0.05, 0) is 30.0 Å². The smallest absolute Gasteiger partial charge is 0.251 e. The fourth-order valence-electron chi connectivity index (χ4n) is 4.10. The lowest BCUT2D eigenvalue weighted by molar-refractivity contribution is 0.00272. The summed E-state index contributed by atoms with van der Waals surface area (Å²) in [5.41, 5.74) is 1.82. The van der Waals surface area contributed by atoms with Gasteiger partial charge in [0.05, 0.1) is 13.2 Å². The zero-order chi connectivity index (χ0) is 21.8. The van der Waals surface area contributed by atoms with Crippen molar-refractivity contribution < 1.29 is 9.53 Å². The van der Waals surface area contributed by atoms with Crippen molar-refractivity contribution in [3.63, 3.8) is 0 Å². The first-order chi connectivity index (χ1) is 14.6. The van der Waals surface area contributed by atoms with Gasteiger partial charge in [-0.3, -0.25) is 14.7 Å². The van der Waals surface area contributed by atoms with E-state index in [1.807, 2.05) is 31.3 Å². The number of amides is 1. The lowest BCUT2D eigenvalue weighted by atomic mass is 9.92. The number of carbonyl (C=O) groups excluding carboxylic acids is 1. The molecule has 1 aromatic rings. The van der Waals surface area contributed by atoms with Gasteiger partial charge in [-0.25, -0.2) is 0 Å². The second kappa shape index (κ2) is 15.4. The van der Waals surface area contributed by atoms with Gasteiger partial charge in [0.15, 0.2) is 5.96 Å². The Kier molecular flexibility index (Phi) is 13.7. The molecule has 0 saturated carbocycles. The molecule has 0 bridgehead atoms. The molecule has 2 rings (SSSR count). The van der Waals surface area contributed by atoms with E-state index >= 15 is 0 Å². The first-order valence-electron chi connectivity index (χ1n) is 11.2. The molecule has 1 heterocycles. The molecule has 8 heteroatoms. The largest absolute Gasteiger partial charge is 0.379 e. The van der Waals surface area contributed by atoms with Crippen LogP contribution >= 0.6 is 24.0 Å². The van der Waals surface area contributed by atoms with E-state index in [-0.39, 0.29) is 29.9 Å². The highest BCUT2D eigenvalue weighted by Gasteiger charge is 2.26. The maximum atomic E-state index is 11.8. The number of morpholine rings is 1. The standard InChI is InChI=1S/C23H39N5O2.HI/c1-5-19(6-2)21(28-12-14-30-15-13-28)17-27-23(25-4)26-11-10-18-8-7-9-20(16-18)22(29)24-3;/h7-9,16,19,21H,5-6,10-15,17H2,1-4H3,(H,24,29)(H2,25,26,27);1H. The molecule has 0 aliphatic carbocycles. The number of nitrogens with zero attached hydrogens (tertiary/aromatic N) is 2. The van der Waals surface area contributed by atoms with Crippen molar-refractivity contribution in [3.8, 4) is 0 Å². The average molecular weight is 546 g/mol. The molecule has 1 saturated heterocycles. The van der Waals surface area contributed by atoms with Crippen LogP contribution in [0.2, 0.25) is 0 Å². The molecule has 176 valence electrons. The van der Waals surface area contributed by atoms with Crippen molar-refractivity contribution in [2.45, 2.75) is 39.2 Å². The van der Waals surface area contributed by atoms with Gasteiger partial charge in [-0.2, -0.15) is 0 Å². The Morgan fingerprint density at radius 1 is 1.19 bits per heavy atom. The van der Waals surface area contributed by atoms with E-state index in [4.69, 9.17) is 4.74 Å². The summed E-state index contributed by atoms with van der Waals surface area (Å²) in [6.45, 7) is 9.82. The number of nitrogens with one attached hydrogen (secondary N) is 3. The summed E-state index contributed by atoms with van der Waals surface area (Å²) >= 11 is 0. The summed E-state index contributed by atoms with van der Waals surface area (Å²) in [4.78, 5) is 18.8. The Morgan fingerprint density at radius 2 is 1.90 bits per heavy atom. The van der Waals surface area contributed by atoms with Gasteiger partial charge < -0.3 is 20.7 Å². The Labute approximate surface area is 204 Å². The average Bonchev–Trinajstić information content (AvgIpc) is 2.80.